The summed E-state index contributed by atoms with van der Waals surface area (Å²) in [6.45, 7) is 0. The molecule has 0 aliphatic carbocycles. The fourth-order valence-corrected chi connectivity index (χ4v) is 3.42. The lowest BCUT2D eigenvalue weighted by Gasteiger charge is -2.24. The Morgan fingerprint density at radius 1 is 1.16 bits per heavy atom. The maximum absolute atomic E-state index is 13.9. The van der Waals surface area contributed by atoms with Crippen LogP contribution in [0.5, 0.6) is 5.88 Å². The van der Waals surface area contributed by atoms with Gasteiger partial charge in [0.15, 0.2) is 0 Å². The zero-order valence-electron chi connectivity index (χ0n) is 16.7. The van der Waals surface area contributed by atoms with Crippen LogP contribution >= 0.6 is 12.2 Å². The number of amides is 1. The van der Waals surface area contributed by atoms with Crippen LogP contribution in [0, 0.1) is 5.82 Å². The van der Waals surface area contributed by atoms with Crippen molar-refractivity contribution >= 4 is 39.8 Å². The van der Waals surface area contributed by atoms with Crippen LogP contribution in [0.25, 0.3) is 10.9 Å². The highest BCUT2D eigenvalue weighted by atomic mass is 32.1. The first-order valence-electron chi connectivity index (χ1n) is 9.53. The van der Waals surface area contributed by atoms with Gasteiger partial charge in [-0.15, -0.1) is 5.06 Å². The number of hydrogen-bond donors (Lipinski definition) is 1. The van der Waals surface area contributed by atoms with E-state index in [0.717, 1.165) is 16.5 Å². The molecule has 2 aromatic heterocycles. The van der Waals surface area contributed by atoms with Gasteiger partial charge < -0.3 is 9.40 Å². The largest absolute Gasteiger partial charge is 0.350 e. The minimum atomic E-state index is -0.463. The van der Waals surface area contributed by atoms with Crippen molar-refractivity contribution in [1.82, 2.24) is 14.9 Å². The Balaban J connectivity index is 1.62. The van der Waals surface area contributed by atoms with Crippen LogP contribution in [0.2, 0.25) is 0 Å². The number of nitrogens with one attached hydrogen (secondary N) is 1. The monoisotopic (exact) mass is 434 g/mol. The van der Waals surface area contributed by atoms with E-state index in [0.29, 0.717) is 5.69 Å². The zero-order valence-corrected chi connectivity index (χ0v) is 17.5. The number of rotatable bonds is 5. The zero-order chi connectivity index (χ0) is 21.8. The van der Waals surface area contributed by atoms with Gasteiger partial charge in [0, 0.05) is 30.9 Å². The molecule has 1 amide bonds. The van der Waals surface area contributed by atoms with E-state index in [-0.39, 0.29) is 23.3 Å². The fourth-order valence-electron chi connectivity index (χ4n) is 3.17. The number of pyridine rings is 1. The summed E-state index contributed by atoms with van der Waals surface area (Å²) in [5, 5.41) is 4.74. The van der Waals surface area contributed by atoms with Crippen molar-refractivity contribution in [2.24, 2.45) is 7.05 Å². The number of aromatic nitrogens is 2. The number of nitrogens with zero attached hydrogens (tertiary/aromatic N) is 3. The normalized spacial score (nSPS) is 10.6. The average molecular weight is 434 g/mol. The Bertz CT molecular complexity index is 1240. The molecule has 2 aromatic carbocycles. The lowest BCUT2D eigenvalue weighted by Crippen LogP contribution is -2.45. The Kier molecular flexibility index (Phi) is 5.90. The van der Waals surface area contributed by atoms with Gasteiger partial charge in [0.1, 0.15) is 11.3 Å². The molecular weight excluding hydrogens is 415 g/mol. The van der Waals surface area contributed by atoms with Gasteiger partial charge in [-0.3, -0.25) is 10.1 Å². The molecule has 31 heavy (non-hydrogen) atoms. The summed E-state index contributed by atoms with van der Waals surface area (Å²) in [7, 11) is 1.86. The number of benzene rings is 2. The van der Waals surface area contributed by atoms with Crippen LogP contribution in [0.4, 0.5) is 10.1 Å². The van der Waals surface area contributed by atoms with Crippen molar-refractivity contribution in [3.05, 3.63) is 90.5 Å². The van der Waals surface area contributed by atoms with E-state index in [1.165, 1.54) is 23.3 Å². The number of hydrogen-bond acceptors (Lipinski definition) is 4. The number of anilines is 1. The molecule has 0 spiro atoms. The van der Waals surface area contributed by atoms with Gasteiger partial charge >= 0.3 is 0 Å². The van der Waals surface area contributed by atoms with Crippen molar-refractivity contribution in [3.63, 3.8) is 0 Å². The van der Waals surface area contributed by atoms with Gasteiger partial charge in [0.05, 0.1) is 12.1 Å². The molecule has 0 saturated heterocycles. The first-order valence-corrected chi connectivity index (χ1v) is 9.93. The molecule has 0 unspecified atom stereocenters. The topological polar surface area (TPSA) is 59.4 Å². The molecule has 0 aliphatic heterocycles. The van der Waals surface area contributed by atoms with Gasteiger partial charge in [-0.25, -0.2) is 9.37 Å². The van der Waals surface area contributed by atoms with E-state index in [9.17, 15) is 9.18 Å². The molecule has 0 radical (unpaired) electrons. The van der Waals surface area contributed by atoms with Gasteiger partial charge in [-0.1, -0.05) is 36.4 Å². The molecule has 1 N–H and O–H groups in total. The number of fused-ring (bicyclic) bond motifs is 1. The van der Waals surface area contributed by atoms with Crippen molar-refractivity contribution in [3.8, 4) is 5.88 Å². The lowest BCUT2D eigenvalue weighted by atomic mass is 10.1. The summed E-state index contributed by atoms with van der Waals surface area (Å²) in [6, 6.07) is 18.8. The molecule has 8 heteroatoms. The number of hydroxylamine groups is 1. The highest BCUT2D eigenvalue weighted by Crippen LogP contribution is 2.26. The summed E-state index contributed by atoms with van der Waals surface area (Å²) < 4.78 is 15.8. The van der Waals surface area contributed by atoms with Crippen LogP contribution < -0.4 is 15.2 Å². The third-order valence-corrected chi connectivity index (χ3v) is 4.88. The second kappa shape index (κ2) is 8.93. The lowest BCUT2D eigenvalue weighted by molar-refractivity contribution is -0.119. The smallest absolute Gasteiger partial charge is 0.271 e. The molecule has 6 nitrogen and oxygen atoms in total. The molecule has 0 fully saturated rings. The van der Waals surface area contributed by atoms with Crippen LogP contribution in [0.1, 0.15) is 5.56 Å². The molecule has 0 aliphatic rings. The van der Waals surface area contributed by atoms with Crippen LogP contribution in [-0.4, -0.2) is 20.6 Å². The second-order valence-electron chi connectivity index (χ2n) is 6.86. The van der Waals surface area contributed by atoms with Crippen molar-refractivity contribution in [2.75, 3.05) is 5.06 Å². The van der Waals surface area contributed by atoms with Gasteiger partial charge in [0.25, 0.3) is 5.88 Å². The third-order valence-electron chi connectivity index (χ3n) is 4.61. The summed E-state index contributed by atoms with van der Waals surface area (Å²) in [5.41, 5.74) is 1.90. The van der Waals surface area contributed by atoms with E-state index in [4.69, 9.17) is 17.1 Å². The van der Waals surface area contributed by atoms with Gasteiger partial charge in [-0.05, 0) is 42.0 Å². The summed E-state index contributed by atoms with van der Waals surface area (Å²) in [6.07, 6.45) is 3.63. The molecule has 0 bridgehead atoms. The van der Waals surface area contributed by atoms with E-state index in [1.807, 2.05) is 60.3 Å². The van der Waals surface area contributed by atoms with Crippen molar-refractivity contribution in [2.45, 2.75) is 6.42 Å². The van der Waals surface area contributed by atoms with E-state index >= 15 is 0 Å². The Morgan fingerprint density at radius 3 is 2.74 bits per heavy atom. The number of halogens is 1. The number of thiocarbonyl (C=S) groups is 1. The Hall–Kier alpha value is -3.78. The average Bonchev–Trinajstić information content (AvgIpc) is 3.14. The molecule has 156 valence electrons. The van der Waals surface area contributed by atoms with E-state index in [1.54, 1.807) is 12.3 Å². The maximum Gasteiger partial charge on any atom is 0.271 e. The predicted molar refractivity (Wildman–Crippen MR) is 121 cm³/mol. The number of carbonyl (C=O) groups excluding carboxylic acids is 1. The molecule has 4 rings (SSSR count). The minimum absolute atomic E-state index is 0.0282. The minimum Gasteiger partial charge on any atom is -0.350 e. The van der Waals surface area contributed by atoms with Crippen molar-refractivity contribution in [1.29, 1.82) is 0 Å². The number of carbonyl (C=O) groups is 1. The van der Waals surface area contributed by atoms with Crippen LogP contribution in [0.15, 0.2) is 79.1 Å². The first-order chi connectivity index (χ1) is 15.0. The first kappa shape index (κ1) is 20.5. The molecule has 0 saturated carbocycles. The molecule has 0 atom stereocenters. The van der Waals surface area contributed by atoms with E-state index in [2.05, 4.69) is 10.3 Å². The summed E-state index contributed by atoms with van der Waals surface area (Å²) >= 11 is 5.44. The highest BCUT2D eigenvalue weighted by molar-refractivity contribution is 7.80. The third kappa shape index (κ3) is 4.70. The SMILES string of the molecule is Cn1ccc2ccnc(ON(C(=S)NC(=O)Cc3ccccc3)c3cccc(F)c3)c21. The summed E-state index contributed by atoms with van der Waals surface area (Å²) in [5.74, 6) is -0.505. The quantitative estimate of drug-likeness (QED) is 0.378. The molecular formula is C23H19FN4O2S. The van der Waals surface area contributed by atoms with E-state index < -0.39 is 5.82 Å². The predicted octanol–water partition coefficient (Wildman–Crippen LogP) is 4.16. The van der Waals surface area contributed by atoms with Crippen LogP contribution in [0.3, 0.4) is 0 Å². The fraction of sp³-hybridized carbons (Fsp3) is 0.0870. The Labute approximate surface area is 183 Å². The maximum atomic E-state index is 13.9. The van der Waals surface area contributed by atoms with Gasteiger partial charge in [-0.2, -0.15) is 0 Å². The second-order valence-corrected chi connectivity index (χ2v) is 7.25. The van der Waals surface area contributed by atoms with Gasteiger partial charge in [0.2, 0.25) is 11.0 Å². The number of aryl methyl sites for hydroxylation is 1. The standard InChI is InChI=1S/C23H19FN4O2S/c1-27-13-11-17-10-12-25-22(21(17)27)30-28(19-9-5-8-18(24)15-19)23(31)26-20(29)14-16-6-3-2-4-7-16/h2-13,15H,14H2,1H3,(H,26,29,31). The Morgan fingerprint density at radius 2 is 1.97 bits per heavy atom. The summed E-state index contributed by atoms with van der Waals surface area (Å²) in [4.78, 5) is 22.8. The van der Waals surface area contributed by atoms with Crippen molar-refractivity contribution < 1.29 is 14.0 Å². The highest BCUT2D eigenvalue weighted by Gasteiger charge is 2.20. The van der Waals surface area contributed by atoms with Crippen LogP contribution in [-0.2, 0) is 18.3 Å². The molecule has 4 aromatic rings. The molecule has 2 heterocycles.